The first kappa shape index (κ1) is 9.68. The summed E-state index contributed by atoms with van der Waals surface area (Å²) in [5.74, 6) is 3.54. The first-order chi connectivity index (χ1) is 7.08. The van der Waals surface area contributed by atoms with E-state index in [-0.39, 0.29) is 5.91 Å². The molecule has 0 aromatic carbocycles. The molecule has 4 bridgehead atoms. The van der Waals surface area contributed by atoms with Crippen LogP contribution in [0.4, 0.5) is 0 Å². The minimum absolute atomic E-state index is 0.0791. The maximum Gasteiger partial charge on any atom is 0.217 e. The van der Waals surface area contributed by atoms with E-state index in [1.807, 2.05) is 0 Å². The molecule has 4 fully saturated rings. The van der Waals surface area contributed by atoms with Crippen molar-refractivity contribution < 1.29 is 4.79 Å². The molecule has 4 saturated carbocycles. The molecule has 2 heteroatoms. The molecule has 2 N–H and O–H groups in total. The zero-order valence-corrected chi connectivity index (χ0v) is 9.54. The minimum atomic E-state index is -0.0791. The lowest BCUT2D eigenvalue weighted by Crippen LogP contribution is -2.51. The molecule has 0 heterocycles. The predicted molar refractivity (Wildman–Crippen MR) is 59.0 cm³/mol. The number of nitrogens with two attached hydrogens (primary N) is 1. The molecule has 0 aromatic heterocycles. The van der Waals surface area contributed by atoms with Crippen LogP contribution in [0.25, 0.3) is 0 Å². The summed E-state index contributed by atoms with van der Waals surface area (Å²) in [5.41, 5.74) is 5.74. The molecule has 0 radical (unpaired) electrons. The van der Waals surface area contributed by atoms with E-state index < -0.39 is 0 Å². The second-order valence-electron chi connectivity index (χ2n) is 6.47. The average Bonchev–Trinajstić information content (AvgIpc) is 2.10. The fraction of sp³-hybridized carbons (Fsp3) is 0.923. The van der Waals surface area contributed by atoms with Crippen molar-refractivity contribution >= 4 is 5.91 Å². The van der Waals surface area contributed by atoms with Gasteiger partial charge in [0.05, 0.1) is 0 Å². The van der Waals surface area contributed by atoms with Crippen LogP contribution in [-0.4, -0.2) is 5.91 Å². The summed E-state index contributed by atoms with van der Waals surface area (Å²) in [4.78, 5) is 11.2. The summed E-state index contributed by atoms with van der Waals surface area (Å²) >= 11 is 0. The summed E-state index contributed by atoms with van der Waals surface area (Å²) in [5, 5.41) is 0. The zero-order valence-electron chi connectivity index (χ0n) is 9.54. The van der Waals surface area contributed by atoms with Crippen molar-refractivity contribution in [2.24, 2.45) is 34.8 Å². The van der Waals surface area contributed by atoms with Crippen molar-refractivity contribution in [1.29, 1.82) is 0 Å². The van der Waals surface area contributed by atoms with Gasteiger partial charge in [-0.05, 0) is 61.2 Å². The van der Waals surface area contributed by atoms with Crippen molar-refractivity contribution in [2.45, 2.75) is 45.4 Å². The van der Waals surface area contributed by atoms with Gasteiger partial charge in [0.15, 0.2) is 0 Å². The van der Waals surface area contributed by atoms with E-state index in [0.717, 1.165) is 23.7 Å². The van der Waals surface area contributed by atoms with Crippen LogP contribution in [0, 0.1) is 29.1 Å². The molecule has 0 aliphatic heterocycles. The van der Waals surface area contributed by atoms with Gasteiger partial charge in [-0.1, -0.05) is 6.92 Å². The Hall–Kier alpha value is -0.530. The number of amides is 1. The van der Waals surface area contributed by atoms with Crippen LogP contribution in [0.2, 0.25) is 0 Å². The Morgan fingerprint density at radius 3 is 2.40 bits per heavy atom. The Kier molecular flexibility index (Phi) is 1.93. The third kappa shape index (κ3) is 1.41. The molecule has 2 unspecified atom stereocenters. The van der Waals surface area contributed by atoms with Gasteiger partial charge in [-0.25, -0.2) is 0 Å². The maximum atomic E-state index is 11.2. The maximum absolute atomic E-state index is 11.2. The molecule has 1 amide bonds. The summed E-state index contributed by atoms with van der Waals surface area (Å²) < 4.78 is 0. The van der Waals surface area contributed by atoms with Gasteiger partial charge in [0.2, 0.25) is 5.91 Å². The van der Waals surface area contributed by atoms with Crippen LogP contribution in [-0.2, 0) is 4.79 Å². The predicted octanol–water partition coefficient (Wildman–Crippen LogP) is 2.32. The fourth-order valence-electron chi connectivity index (χ4n) is 5.03. The van der Waals surface area contributed by atoms with E-state index in [2.05, 4.69) is 6.92 Å². The second kappa shape index (κ2) is 2.99. The molecule has 15 heavy (non-hydrogen) atoms. The molecular formula is C13H21NO. The van der Waals surface area contributed by atoms with Crippen molar-refractivity contribution in [3.05, 3.63) is 0 Å². The molecule has 2 nitrogen and oxygen atoms in total. The molecule has 4 aliphatic carbocycles. The van der Waals surface area contributed by atoms with Gasteiger partial charge in [-0.15, -0.1) is 0 Å². The van der Waals surface area contributed by atoms with E-state index in [0.29, 0.717) is 11.8 Å². The number of primary amides is 1. The highest BCUT2D eigenvalue weighted by Crippen LogP contribution is 2.63. The lowest BCUT2D eigenvalue weighted by atomic mass is 9.46. The van der Waals surface area contributed by atoms with E-state index in [1.165, 1.54) is 32.1 Å². The molecule has 2 atom stereocenters. The quantitative estimate of drug-likeness (QED) is 0.742. The van der Waals surface area contributed by atoms with Crippen LogP contribution >= 0.6 is 0 Å². The van der Waals surface area contributed by atoms with Crippen LogP contribution in [0.15, 0.2) is 0 Å². The van der Waals surface area contributed by atoms with Crippen molar-refractivity contribution in [3.8, 4) is 0 Å². The Bertz CT molecular complexity index is 283. The number of rotatable bonds is 2. The first-order valence-corrected chi connectivity index (χ1v) is 6.36. The van der Waals surface area contributed by atoms with Gasteiger partial charge in [-0.3, -0.25) is 4.79 Å². The topological polar surface area (TPSA) is 43.1 Å². The average molecular weight is 207 g/mol. The van der Waals surface area contributed by atoms with Crippen molar-refractivity contribution in [2.75, 3.05) is 0 Å². The minimum Gasteiger partial charge on any atom is -0.370 e. The second-order valence-corrected chi connectivity index (χ2v) is 6.47. The third-order valence-corrected chi connectivity index (χ3v) is 5.42. The molecule has 84 valence electrons. The Morgan fingerprint density at radius 2 is 1.87 bits per heavy atom. The SMILES string of the molecule is CC1C2CC3CC1CC(CC(N)=O)(C3)C2. The van der Waals surface area contributed by atoms with Crippen molar-refractivity contribution in [3.63, 3.8) is 0 Å². The van der Waals surface area contributed by atoms with Gasteiger partial charge in [-0.2, -0.15) is 0 Å². The van der Waals surface area contributed by atoms with Gasteiger partial charge in [0, 0.05) is 6.42 Å². The Balaban J connectivity index is 1.85. The van der Waals surface area contributed by atoms with Crippen molar-refractivity contribution in [1.82, 2.24) is 0 Å². The van der Waals surface area contributed by atoms with Gasteiger partial charge in [0.25, 0.3) is 0 Å². The highest BCUT2D eigenvalue weighted by molar-refractivity contribution is 5.74. The standard InChI is InChI=1S/C13H21NO/c1-8-10-2-9-3-11(8)6-13(4-9,5-10)7-12(14)15/h8-11H,2-7H2,1H3,(H2,14,15). The molecular weight excluding hydrogens is 186 g/mol. The van der Waals surface area contributed by atoms with E-state index in [1.54, 1.807) is 0 Å². The molecule has 0 spiro atoms. The number of carbonyl (C=O) groups is 1. The normalized spacial score (nSPS) is 52.1. The molecule has 4 rings (SSSR count). The van der Waals surface area contributed by atoms with Gasteiger partial charge < -0.3 is 5.73 Å². The fourth-order valence-corrected chi connectivity index (χ4v) is 5.03. The highest BCUT2D eigenvalue weighted by Gasteiger charge is 2.54. The lowest BCUT2D eigenvalue weighted by Gasteiger charge is -2.59. The molecule has 0 aromatic rings. The summed E-state index contributed by atoms with van der Waals surface area (Å²) in [6.07, 6.45) is 7.36. The molecule has 4 aliphatic rings. The summed E-state index contributed by atoms with van der Waals surface area (Å²) in [7, 11) is 0. The van der Waals surface area contributed by atoms with Gasteiger partial charge in [0.1, 0.15) is 0 Å². The Labute approximate surface area is 91.6 Å². The van der Waals surface area contributed by atoms with Gasteiger partial charge >= 0.3 is 0 Å². The van der Waals surface area contributed by atoms with Crippen LogP contribution in [0.3, 0.4) is 0 Å². The third-order valence-electron chi connectivity index (χ3n) is 5.42. The lowest BCUT2D eigenvalue weighted by molar-refractivity contribution is -0.130. The first-order valence-electron chi connectivity index (χ1n) is 6.36. The molecule has 0 saturated heterocycles. The highest BCUT2D eigenvalue weighted by atomic mass is 16.1. The Morgan fingerprint density at radius 1 is 1.27 bits per heavy atom. The monoisotopic (exact) mass is 207 g/mol. The van der Waals surface area contributed by atoms with E-state index in [4.69, 9.17) is 5.73 Å². The number of hydrogen-bond acceptors (Lipinski definition) is 1. The van der Waals surface area contributed by atoms with Crippen LogP contribution in [0.5, 0.6) is 0 Å². The van der Waals surface area contributed by atoms with E-state index >= 15 is 0 Å². The van der Waals surface area contributed by atoms with E-state index in [9.17, 15) is 4.79 Å². The largest absolute Gasteiger partial charge is 0.370 e. The smallest absolute Gasteiger partial charge is 0.217 e. The number of hydrogen-bond donors (Lipinski definition) is 1. The number of carbonyl (C=O) groups excluding carboxylic acids is 1. The summed E-state index contributed by atoms with van der Waals surface area (Å²) in [6, 6.07) is 0. The van der Waals surface area contributed by atoms with Crippen LogP contribution in [0.1, 0.15) is 45.4 Å². The van der Waals surface area contributed by atoms with Crippen LogP contribution < -0.4 is 5.73 Å². The summed E-state index contributed by atoms with van der Waals surface area (Å²) in [6.45, 7) is 2.42. The zero-order chi connectivity index (χ0) is 10.6.